The number of benzene rings is 2. The molecule has 13 nitrogen and oxygen atoms in total. The van der Waals surface area contributed by atoms with Gasteiger partial charge in [0.2, 0.25) is 0 Å². The predicted molar refractivity (Wildman–Crippen MR) is 147 cm³/mol. The zero-order valence-corrected chi connectivity index (χ0v) is 23.3. The largest absolute Gasteiger partial charge is 0.415 e. The summed E-state index contributed by atoms with van der Waals surface area (Å²) in [5, 5.41) is 9.24. The van der Waals surface area contributed by atoms with Crippen LogP contribution in [-0.2, 0) is 14.8 Å². The third-order valence-electron chi connectivity index (χ3n) is 6.29. The Morgan fingerprint density at radius 3 is 2.51 bits per heavy atom. The summed E-state index contributed by atoms with van der Waals surface area (Å²) in [6, 6.07) is 8.02. The van der Waals surface area contributed by atoms with Gasteiger partial charge in [0.05, 0.1) is 16.1 Å². The second kappa shape index (κ2) is 13.8. The first-order valence-corrected chi connectivity index (χ1v) is 14.4. The summed E-state index contributed by atoms with van der Waals surface area (Å²) >= 11 is 3.24. The number of carbonyl (C=O) groups is 2. The third-order valence-corrected chi connectivity index (χ3v) is 8.28. The summed E-state index contributed by atoms with van der Waals surface area (Å²) in [4.78, 5) is 37.8. The molecule has 0 atom stereocenters. The van der Waals surface area contributed by atoms with Gasteiger partial charge in [0.15, 0.2) is 0 Å². The minimum atomic E-state index is -4.31. The van der Waals surface area contributed by atoms with Crippen molar-refractivity contribution in [3.63, 3.8) is 0 Å². The predicted octanol–water partition coefficient (Wildman–Crippen LogP) is 2.38. The number of ether oxygens (including phenoxy) is 2. The molecule has 0 radical (unpaired) electrons. The van der Waals surface area contributed by atoms with Gasteiger partial charge in [-0.3, -0.25) is 4.79 Å². The molecule has 2 aromatic carbocycles. The monoisotopic (exact) mass is 627 g/mol. The molecule has 2 amide bonds. The fourth-order valence-electron chi connectivity index (χ4n) is 4.10. The van der Waals surface area contributed by atoms with E-state index in [-0.39, 0.29) is 31.8 Å². The van der Waals surface area contributed by atoms with E-state index in [4.69, 9.17) is 9.47 Å². The second-order valence-corrected chi connectivity index (χ2v) is 11.4. The Hall–Kier alpha value is -3.11. The summed E-state index contributed by atoms with van der Waals surface area (Å²) in [5.41, 5.74) is 0.341. The van der Waals surface area contributed by atoms with Crippen LogP contribution < -0.4 is 20.1 Å². The van der Waals surface area contributed by atoms with Gasteiger partial charge >= 0.3 is 6.09 Å². The lowest BCUT2D eigenvalue weighted by Gasteiger charge is -2.26. The van der Waals surface area contributed by atoms with Crippen molar-refractivity contribution in [2.45, 2.75) is 17.7 Å². The fraction of sp³-hybridized carbons (Fsp3) is 0.417. The van der Waals surface area contributed by atoms with E-state index >= 15 is 0 Å². The minimum Gasteiger partial charge on any atom is -0.412 e. The van der Waals surface area contributed by atoms with Gasteiger partial charge in [0.25, 0.3) is 15.9 Å². The van der Waals surface area contributed by atoms with Crippen molar-refractivity contribution >= 4 is 49.3 Å². The van der Waals surface area contributed by atoms with Gasteiger partial charge in [0.1, 0.15) is 11.4 Å². The Kier molecular flexibility index (Phi) is 10.8. The number of rotatable bonds is 8. The highest BCUT2D eigenvalue weighted by molar-refractivity contribution is 9.10. The highest BCUT2D eigenvalue weighted by Crippen LogP contribution is 2.30. The van der Waals surface area contributed by atoms with Crippen LogP contribution in [0.25, 0.3) is 0 Å². The molecule has 212 valence electrons. The zero-order valence-electron chi connectivity index (χ0n) is 20.9. The van der Waals surface area contributed by atoms with Crippen molar-refractivity contribution in [3.8, 4) is 5.75 Å². The molecule has 0 saturated carbocycles. The quantitative estimate of drug-likeness (QED) is 0.369. The van der Waals surface area contributed by atoms with E-state index in [1.165, 1.54) is 30.3 Å². The van der Waals surface area contributed by atoms with E-state index in [1.807, 2.05) is 4.72 Å². The number of nitroso groups, excluding NO2 is 1. The number of anilines is 1. The summed E-state index contributed by atoms with van der Waals surface area (Å²) in [6.45, 7) is 4.35. The fourth-order valence-corrected chi connectivity index (χ4v) is 5.62. The number of hydrogen-bond donors (Lipinski definition) is 3. The highest BCUT2D eigenvalue weighted by atomic mass is 79.9. The molecule has 0 aromatic heterocycles. The van der Waals surface area contributed by atoms with E-state index < -0.39 is 22.0 Å². The van der Waals surface area contributed by atoms with Crippen LogP contribution in [0.3, 0.4) is 0 Å². The number of piperazine rings is 1. The van der Waals surface area contributed by atoms with E-state index in [0.717, 1.165) is 18.9 Å². The molecule has 2 aliphatic heterocycles. The van der Waals surface area contributed by atoms with E-state index in [1.54, 1.807) is 4.90 Å². The van der Waals surface area contributed by atoms with E-state index in [0.29, 0.717) is 57.5 Å². The SMILES string of the molecule is O.O=Nc1cc(S(=O)(=O)NC(=O)c2ccc(OC(=O)N3CCNCC3)cc2Br)ccc1NCC1CCOCC1. The van der Waals surface area contributed by atoms with Crippen LogP contribution >= 0.6 is 15.9 Å². The topological polar surface area (TPSA) is 187 Å². The molecular formula is C24H30BrN5O8S. The van der Waals surface area contributed by atoms with Crippen molar-refractivity contribution in [2.24, 2.45) is 11.1 Å². The van der Waals surface area contributed by atoms with Gasteiger partial charge in [-0.25, -0.2) is 17.9 Å². The Balaban J connectivity index is 0.00000420. The number of amides is 2. The number of nitrogens with zero attached hydrogens (tertiary/aromatic N) is 2. The molecule has 0 bridgehead atoms. The molecule has 0 unspecified atom stereocenters. The lowest BCUT2D eigenvalue weighted by molar-refractivity contribution is 0.0699. The second-order valence-electron chi connectivity index (χ2n) is 8.89. The molecule has 2 fully saturated rings. The Morgan fingerprint density at radius 1 is 1.13 bits per heavy atom. The maximum atomic E-state index is 12.9. The molecule has 2 heterocycles. The summed E-state index contributed by atoms with van der Waals surface area (Å²) in [6.07, 6.45) is 1.28. The standard InChI is InChI=1S/C24H28BrN5O7S.H2O/c25-20-13-17(37-24(32)30-9-7-26-8-10-30)1-3-19(20)23(31)29-38(34,35)18-2-4-21(22(14-18)28-33)27-15-16-5-11-36-12-6-16;/h1-4,13-14,16,26-27H,5-12,15H2,(H,29,31);1H2. The maximum Gasteiger partial charge on any atom is 0.415 e. The lowest BCUT2D eigenvalue weighted by atomic mass is 10.0. The Bertz CT molecular complexity index is 1300. The number of carbonyl (C=O) groups excluding carboxylic acids is 2. The third kappa shape index (κ3) is 7.95. The van der Waals surface area contributed by atoms with Crippen molar-refractivity contribution in [3.05, 3.63) is 51.3 Å². The van der Waals surface area contributed by atoms with Crippen LogP contribution in [0.2, 0.25) is 0 Å². The van der Waals surface area contributed by atoms with Gasteiger partial charge < -0.3 is 30.5 Å². The molecule has 5 N–H and O–H groups in total. The van der Waals surface area contributed by atoms with Crippen LogP contribution in [0.1, 0.15) is 23.2 Å². The highest BCUT2D eigenvalue weighted by Gasteiger charge is 2.24. The first-order valence-electron chi connectivity index (χ1n) is 12.1. The van der Waals surface area contributed by atoms with E-state index in [9.17, 15) is 22.9 Å². The zero-order chi connectivity index (χ0) is 27.1. The minimum absolute atomic E-state index is 0. The van der Waals surface area contributed by atoms with Gasteiger partial charge in [0, 0.05) is 50.4 Å². The maximum absolute atomic E-state index is 12.9. The average Bonchev–Trinajstić information content (AvgIpc) is 2.92. The Morgan fingerprint density at radius 2 is 1.85 bits per heavy atom. The molecule has 39 heavy (non-hydrogen) atoms. The molecule has 0 spiro atoms. The average molecular weight is 629 g/mol. The smallest absolute Gasteiger partial charge is 0.412 e. The van der Waals surface area contributed by atoms with Crippen molar-refractivity contribution in [1.82, 2.24) is 14.9 Å². The van der Waals surface area contributed by atoms with Crippen molar-refractivity contribution in [1.29, 1.82) is 0 Å². The summed E-state index contributed by atoms with van der Waals surface area (Å²) in [7, 11) is -4.31. The normalized spacial score (nSPS) is 16.1. The number of halogens is 1. The van der Waals surface area contributed by atoms with Crippen LogP contribution in [0.4, 0.5) is 16.2 Å². The molecule has 2 aliphatic rings. The van der Waals surface area contributed by atoms with E-state index in [2.05, 4.69) is 31.7 Å². The van der Waals surface area contributed by atoms with Gasteiger partial charge in [-0.2, -0.15) is 0 Å². The summed E-state index contributed by atoms with van der Waals surface area (Å²) in [5.74, 6) is -0.328. The molecule has 0 aliphatic carbocycles. The number of nitrogens with one attached hydrogen (secondary N) is 3. The number of sulfonamides is 1. The van der Waals surface area contributed by atoms with Crippen LogP contribution in [0.5, 0.6) is 5.75 Å². The van der Waals surface area contributed by atoms with Crippen molar-refractivity contribution in [2.75, 3.05) is 51.3 Å². The lowest BCUT2D eigenvalue weighted by Crippen LogP contribution is -2.47. The molecule has 2 saturated heterocycles. The number of hydrogen-bond acceptors (Lipinski definition) is 10. The van der Waals surface area contributed by atoms with Crippen molar-refractivity contribution < 1.29 is 33.0 Å². The van der Waals surface area contributed by atoms with Gasteiger partial charge in [-0.15, -0.1) is 4.91 Å². The molecule has 15 heteroatoms. The first kappa shape index (κ1) is 30.4. The Labute approximate surface area is 234 Å². The van der Waals surface area contributed by atoms with Crippen LogP contribution in [-0.4, -0.2) is 76.7 Å². The molecular weight excluding hydrogens is 598 g/mol. The van der Waals surface area contributed by atoms with Gasteiger partial charge in [-0.05, 0) is 76.3 Å². The summed E-state index contributed by atoms with van der Waals surface area (Å²) < 4.78 is 38.7. The molecule has 2 aromatic rings. The van der Waals surface area contributed by atoms with Gasteiger partial charge in [-0.1, -0.05) is 0 Å². The van der Waals surface area contributed by atoms with Crippen LogP contribution in [0, 0.1) is 10.8 Å². The first-order chi connectivity index (χ1) is 18.3. The van der Waals surface area contributed by atoms with Crippen LogP contribution in [0.15, 0.2) is 50.9 Å². The molecule has 4 rings (SSSR count).